The second-order valence-corrected chi connectivity index (χ2v) is 12.8. The van der Waals surface area contributed by atoms with Crippen molar-refractivity contribution in [2.45, 2.75) is 18.8 Å². The molecule has 2 saturated heterocycles. The molecule has 0 aliphatic carbocycles. The number of carbonyl (C=O) groups excluding carboxylic acids is 4. The lowest BCUT2D eigenvalue weighted by Gasteiger charge is -2.33. The molecular weight excluding hydrogens is 725 g/mol. The number of alkyl halides is 3. The maximum Gasteiger partial charge on any atom is 0.416 e. The van der Waals surface area contributed by atoms with E-state index in [4.69, 9.17) is 4.98 Å². The Hall–Kier alpha value is -5.79. The largest absolute Gasteiger partial charge is 0.416 e. The number of thiazole rings is 1. The lowest BCUT2D eigenvalue weighted by atomic mass is 10.2. The van der Waals surface area contributed by atoms with E-state index in [0.717, 1.165) is 58.9 Å². The molecule has 13 nitrogen and oxygen atoms in total. The number of nitrogens with zero attached hydrogens (tertiary/aromatic N) is 5. The van der Waals surface area contributed by atoms with E-state index in [9.17, 15) is 41.1 Å². The van der Waals surface area contributed by atoms with Gasteiger partial charge in [0, 0.05) is 61.1 Å². The first-order valence-electron chi connectivity index (χ1n) is 16.0. The van der Waals surface area contributed by atoms with Crippen LogP contribution in [0.15, 0.2) is 77.2 Å². The van der Waals surface area contributed by atoms with Crippen LogP contribution in [0.1, 0.15) is 11.3 Å². The lowest BCUT2D eigenvalue weighted by Crippen LogP contribution is -2.48. The number of hydrogen-bond donors (Lipinski definition) is 4. The SMILES string of the molecule is O=C(CN1CCN(Cc2csc(-c3ccc(NC(=O)Nc4ccc(F)c(F)c4)cc3)n2)CC1)N/N=C/C1NC(=O)N(c2ccc(C(F)(F)F)cc2)C1=O. The summed E-state index contributed by atoms with van der Waals surface area (Å²) in [6.07, 6.45) is -3.51. The monoisotopic (exact) mass is 755 g/mol. The third-order valence-electron chi connectivity index (χ3n) is 8.17. The van der Waals surface area contributed by atoms with E-state index in [1.165, 1.54) is 17.4 Å². The highest BCUT2D eigenvalue weighted by Gasteiger charge is 2.39. The third-order valence-corrected chi connectivity index (χ3v) is 9.11. The zero-order valence-corrected chi connectivity index (χ0v) is 28.3. The minimum atomic E-state index is -4.56. The second-order valence-electron chi connectivity index (χ2n) is 11.9. The molecule has 2 fully saturated rings. The molecule has 0 saturated carbocycles. The summed E-state index contributed by atoms with van der Waals surface area (Å²) < 4.78 is 65.1. The molecule has 0 spiro atoms. The fourth-order valence-corrected chi connectivity index (χ4v) is 6.29. The number of urea groups is 2. The smallest absolute Gasteiger partial charge is 0.321 e. The van der Waals surface area contributed by atoms with Gasteiger partial charge in [0.05, 0.1) is 29.7 Å². The van der Waals surface area contributed by atoms with Crippen LogP contribution in [0.4, 0.5) is 48.6 Å². The molecule has 2 aliphatic rings. The van der Waals surface area contributed by atoms with Crippen molar-refractivity contribution in [2.24, 2.45) is 5.10 Å². The molecule has 53 heavy (non-hydrogen) atoms. The van der Waals surface area contributed by atoms with Gasteiger partial charge < -0.3 is 16.0 Å². The van der Waals surface area contributed by atoms with Crippen LogP contribution in [0.2, 0.25) is 0 Å². The molecule has 0 radical (unpaired) electrons. The average molecular weight is 756 g/mol. The molecule has 1 aromatic heterocycles. The minimum Gasteiger partial charge on any atom is -0.321 e. The number of nitrogens with one attached hydrogen (secondary N) is 4. The van der Waals surface area contributed by atoms with Crippen LogP contribution in [-0.4, -0.2) is 83.6 Å². The van der Waals surface area contributed by atoms with Gasteiger partial charge in [0.15, 0.2) is 11.6 Å². The number of imide groups is 1. The highest BCUT2D eigenvalue weighted by atomic mass is 32.1. The van der Waals surface area contributed by atoms with Crippen molar-refractivity contribution in [3.05, 3.63) is 95.0 Å². The topological polar surface area (TPSA) is 151 Å². The number of halogens is 5. The van der Waals surface area contributed by atoms with E-state index < -0.39 is 53.3 Å². The quantitative estimate of drug-likeness (QED) is 0.0762. The van der Waals surface area contributed by atoms with Crippen LogP contribution in [0.3, 0.4) is 0 Å². The van der Waals surface area contributed by atoms with Gasteiger partial charge in [0.1, 0.15) is 11.0 Å². The van der Waals surface area contributed by atoms with E-state index >= 15 is 0 Å². The first kappa shape index (κ1) is 37.0. The Morgan fingerprint density at radius 1 is 0.906 bits per heavy atom. The van der Waals surface area contributed by atoms with Crippen LogP contribution >= 0.6 is 11.3 Å². The Labute approximate surface area is 302 Å². The van der Waals surface area contributed by atoms with Gasteiger partial charge >= 0.3 is 18.2 Å². The van der Waals surface area contributed by atoms with E-state index in [2.05, 4.69) is 31.4 Å². The van der Waals surface area contributed by atoms with Crippen LogP contribution in [-0.2, 0) is 22.3 Å². The van der Waals surface area contributed by atoms with Gasteiger partial charge in [-0.1, -0.05) is 0 Å². The number of anilines is 3. The van der Waals surface area contributed by atoms with Gasteiger partial charge in [0.2, 0.25) is 0 Å². The summed E-state index contributed by atoms with van der Waals surface area (Å²) in [5, 5.41) is 14.0. The molecule has 6 amide bonds. The van der Waals surface area contributed by atoms with Crippen molar-refractivity contribution in [3.8, 4) is 10.6 Å². The van der Waals surface area contributed by atoms with E-state index in [-0.39, 0.29) is 17.9 Å². The van der Waals surface area contributed by atoms with E-state index in [1.54, 1.807) is 12.1 Å². The number of piperazine rings is 1. The van der Waals surface area contributed by atoms with Crippen LogP contribution in [0.25, 0.3) is 10.6 Å². The van der Waals surface area contributed by atoms with Crippen molar-refractivity contribution in [2.75, 3.05) is 48.3 Å². The number of rotatable bonds is 10. The first-order chi connectivity index (χ1) is 25.3. The lowest BCUT2D eigenvalue weighted by molar-refractivity contribution is -0.137. The van der Waals surface area contributed by atoms with Crippen molar-refractivity contribution >= 4 is 58.5 Å². The summed E-state index contributed by atoms with van der Waals surface area (Å²) in [5.41, 5.74) is 3.71. The molecule has 1 unspecified atom stereocenters. The molecule has 4 aromatic rings. The number of benzene rings is 3. The fourth-order valence-electron chi connectivity index (χ4n) is 5.48. The van der Waals surface area contributed by atoms with E-state index in [0.29, 0.717) is 43.3 Å². The van der Waals surface area contributed by atoms with Gasteiger partial charge in [0.25, 0.3) is 11.8 Å². The predicted octanol–water partition coefficient (Wildman–Crippen LogP) is 5.10. The molecule has 2 aliphatic heterocycles. The number of aromatic nitrogens is 1. The molecule has 3 aromatic carbocycles. The fraction of sp³-hybridized carbons (Fsp3) is 0.235. The Morgan fingerprint density at radius 2 is 1.57 bits per heavy atom. The number of hydrogen-bond acceptors (Lipinski definition) is 9. The predicted molar refractivity (Wildman–Crippen MR) is 186 cm³/mol. The molecule has 3 heterocycles. The number of hydrazone groups is 1. The van der Waals surface area contributed by atoms with Crippen molar-refractivity contribution in [1.29, 1.82) is 0 Å². The van der Waals surface area contributed by atoms with Gasteiger partial charge in [-0.05, 0) is 60.7 Å². The van der Waals surface area contributed by atoms with Crippen LogP contribution in [0.5, 0.6) is 0 Å². The van der Waals surface area contributed by atoms with Gasteiger partial charge in [-0.2, -0.15) is 18.3 Å². The maximum atomic E-state index is 13.4. The van der Waals surface area contributed by atoms with Crippen molar-refractivity contribution < 1.29 is 41.1 Å². The van der Waals surface area contributed by atoms with Gasteiger partial charge in [-0.3, -0.25) is 19.4 Å². The Balaban J connectivity index is 0.908. The molecule has 276 valence electrons. The summed E-state index contributed by atoms with van der Waals surface area (Å²) in [7, 11) is 0. The summed E-state index contributed by atoms with van der Waals surface area (Å²) >= 11 is 1.48. The van der Waals surface area contributed by atoms with Gasteiger partial charge in [-0.25, -0.2) is 33.7 Å². The zero-order valence-electron chi connectivity index (χ0n) is 27.5. The van der Waals surface area contributed by atoms with Crippen molar-refractivity contribution in [3.63, 3.8) is 0 Å². The summed E-state index contributed by atoms with van der Waals surface area (Å²) in [5.74, 6) is -3.27. The third kappa shape index (κ3) is 9.36. The Morgan fingerprint density at radius 3 is 2.25 bits per heavy atom. The standard InChI is InChI=1S/C34H30F5N9O4S/c35-26-10-7-23(15-27(26)36)43-32(51)42-22-5-1-20(2-6-22)30-41-24(19-53-30)17-46-11-13-47(14-12-46)18-29(49)45-40-16-28-31(50)48(33(52)44-28)25-8-3-21(4-9-25)34(37,38)39/h1-10,15-16,19,28H,11-14,17-18H2,(H,44,52)(H,45,49)(H2,42,43,51)/b40-16+. The summed E-state index contributed by atoms with van der Waals surface area (Å²) in [6, 6.07) is 11.0. The summed E-state index contributed by atoms with van der Waals surface area (Å²) in [4.78, 5) is 59.4. The first-order valence-corrected chi connectivity index (χ1v) is 16.9. The van der Waals surface area contributed by atoms with Gasteiger partial charge in [-0.15, -0.1) is 11.3 Å². The highest BCUT2D eigenvalue weighted by molar-refractivity contribution is 7.13. The Kier molecular flexibility index (Phi) is 11.1. The maximum absolute atomic E-state index is 13.4. The zero-order chi connectivity index (χ0) is 37.7. The molecule has 19 heteroatoms. The molecule has 0 bridgehead atoms. The Bertz CT molecular complexity index is 2020. The molecule has 4 N–H and O–H groups in total. The molecule has 6 rings (SSSR count). The second kappa shape index (κ2) is 15.8. The van der Waals surface area contributed by atoms with Crippen LogP contribution in [0, 0.1) is 11.6 Å². The molecule has 1 atom stereocenters. The molecular formula is C34H30F5N9O4S. The highest BCUT2D eigenvalue weighted by Crippen LogP contribution is 2.31. The van der Waals surface area contributed by atoms with Crippen molar-refractivity contribution in [1.82, 2.24) is 25.5 Å². The normalized spacial score (nSPS) is 16.9. The number of carbonyl (C=O) groups is 4. The van der Waals surface area contributed by atoms with Crippen LogP contribution < -0.4 is 26.3 Å². The minimum absolute atomic E-state index is 0.0371. The number of amides is 6. The van der Waals surface area contributed by atoms with E-state index in [1.807, 2.05) is 22.4 Å². The summed E-state index contributed by atoms with van der Waals surface area (Å²) in [6.45, 7) is 3.22. The average Bonchev–Trinajstić information content (AvgIpc) is 3.70.